The number of aromatic nitrogens is 1. The second kappa shape index (κ2) is 11.3. The van der Waals surface area contributed by atoms with Crippen LogP contribution in [-0.4, -0.2) is 55.0 Å². The third-order valence-corrected chi connectivity index (χ3v) is 10.3. The number of pyridine rings is 1. The molecular formula is C36H44N4O3. The number of anilines is 1. The lowest BCUT2D eigenvalue weighted by Gasteiger charge is -2.47. The van der Waals surface area contributed by atoms with Gasteiger partial charge in [-0.15, -0.1) is 0 Å². The van der Waals surface area contributed by atoms with Crippen LogP contribution in [0.3, 0.4) is 0 Å². The molecule has 3 aliphatic rings. The Labute approximate surface area is 255 Å². The van der Waals surface area contributed by atoms with Crippen molar-refractivity contribution < 1.29 is 14.3 Å². The summed E-state index contributed by atoms with van der Waals surface area (Å²) in [6.07, 6.45) is 9.02. The van der Waals surface area contributed by atoms with E-state index in [1.54, 1.807) is 7.11 Å². The Hall–Kier alpha value is -3.87. The summed E-state index contributed by atoms with van der Waals surface area (Å²) in [5.74, 6) is 0.764. The van der Waals surface area contributed by atoms with Gasteiger partial charge in [-0.1, -0.05) is 19.9 Å². The Morgan fingerprint density at radius 3 is 2.16 bits per heavy atom. The van der Waals surface area contributed by atoms with Crippen LogP contribution in [0.5, 0.6) is 5.75 Å². The van der Waals surface area contributed by atoms with Crippen molar-refractivity contribution in [2.24, 2.45) is 10.8 Å². The minimum absolute atomic E-state index is 0.0865. The highest BCUT2D eigenvalue weighted by molar-refractivity contribution is 5.98. The molecule has 226 valence electrons. The number of carbonyl (C=O) groups is 2. The highest BCUT2D eigenvalue weighted by Crippen LogP contribution is 2.46. The zero-order valence-corrected chi connectivity index (χ0v) is 26.2. The molecule has 1 unspecified atom stereocenters. The van der Waals surface area contributed by atoms with Gasteiger partial charge in [0.1, 0.15) is 5.75 Å². The average Bonchev–Trinajstić information content (AvgIpc) is 3.25. The molecule has 3 aromatic rings. The summed E-state index contributed by atoms with van der Waals surface area (Å²) in [5, 5.41) is 3.35. The number of piperidine rings is 2. The third-order valence-electron chi connectivity index (χ3n) is 10.3. The molecule has 1 N–H and O–H groups in total. The number of nitrogens with zero attached hydrogens (tertiary/aromatic N) is 3. The summed E-state index contributed by atoms with van der Waals surface area (Å²) in [6, 6.07) is 13.9. The number of ether oxygens (including phenoxy) is 1. The van der Waals surface area contributed by atoms with E-state index in [9.17, 15) is 9.59 Å². The number of fused-ring (bicyclic) bond motifs is 1. The molecule has 1 aliphatic carbocycles. The second-order valence-corrected chi connectivity index (χ2v) is 13.6. The van der Waals surface area contributed by atoms with Crippen LogP contribution in [0.25, 0.3) is 0 Å². The van der Waals surface area contributed by atoms with Gasteiger partial charge >= 0.3 is 0 Å². The fraction of sp³-hybridized carbons (Fsp3) is 0.472. The SMILES string of the molecule is COc1cc(C)c(C(=O)NC2c3cc(C(=O)N4CCC5(CC4)CCN(c4ccncc4)CC5)ccc3CC2(C)C)c(C)c1. The van der Waals surface area contributed by atoms with Gasteiger partial charge in [0.15, 0.2) is 0 Å². The molecular weight excluding hydrogens is 536 g/mol. The Bertz CT molecular complexity index is 1490. The summed E-state index contributed by atoms with van der Waals surface area (Å²) < 4.78 is 5.39. The summed E-state index contributed by atoms with van der Waals surface area (Å²) in [5.41, 5.74) is 6.86. The third kappa shape index (κ3) is 5.62. The van der Waals surface area contributed by atoms with Gasteiger partial charge in [0.2, 0.25) is 0 Å². The number of hydrogen-bond acceptors (Lipinski definition) is 5. The number of benzene rings is 2. The van der Waals surface area contributed by atoms with Gasteiger partial charge in [-0.3, -0.25) is 14.6 Å². The standard InChI is InChI=1S/C36H44N4O3/c1-24-20-29(43-5)21-25(2)31(24)33(41)38-32-30-22-26(6-7-27(30)23-35(32,3)4)34(42)40-18-12-36(13-19-40)10-16-39(17-11-36)28-8-14-37-15-9-28/h6-9,14-15,20-22,32H,10-13,16-19,23H2,1-5H3,(H,38,41). The van der Waals surface area contributed by atoms with Gasteiger partial charge in [-0.25, -0.2) is 0 Å². The molecule has 7 nitrogen and oxygen atoms in total. The van der Waals surface area contributed by atoms with E-state index < -0.39 is 0 Å². The van der Waals surface area contributed by atoms with Crippen molar-refractivity contribution >= 4 is 17.5 Å². The van der Waals surface area contributed by atoms with Crippen molar-refractivity contribution in [2.75, 3.05) is 38.2 Å². The van der Waals surface area contributed by atoms with Crippen LogP contribution in [-0.2, 0) is 6.42 Å². The van der Waals surface area contributed by atoms with E-state index in [1.807, 2.05) is 55.4 Å². The maximum absolute atomic E-state index is 13.8. The Kier molecular flexibility index (Phi) is 7.69. The predicted octanol–water partition coefficient (Wildman–Crippen LogP) is 6.28. The van der Waals surface area contributed by atoms with E-state index >= 15 is 0 Å². The average molecular weight is 581 g/mol. The fourth-order valence-corrected chi connectivity index (χ4v) is 7.71. The molecule has 2 amide bonds. The van der Waals surface area contributed by atoms with Crippen LogP contribution < -0.4 is 15.0 Å². The van der Waals surface area contributed by atoms with E-state index in [0.717, 1.165) is 73.4 Å². The largest absolute Gasteiger partial charge is 0.497 e. The lowest BCUT2D eigenvalue weighted by molar-refractivity contribution is 0.0515. The molecule has 7 heteroatoms. The minimum atomic E-state index is -0.182. The highest BCUT2D eigenvalue weighted by atomic mass is 16.5. The molecule has 43 heavy (non-hydrogen) atoms. The molecule has 1 aromatic heterocycles. The molecule has 1 atom stereocenters. The summed E-state index contributed by atoms with van der Waals surface area (Å²) >= 11 is 0. The highest BCUT2D eigenvalue weighted by Gasteiger charge is 2.42. The zero-order chi connectivity index (χ0) is 30.4. The number of likely N-dealkylation sites (tertiary alicyclic amines) is 1. The van der Waals surface area contributed by atoms with Crippen LogP contribution in [0.2, 0.25) is 0 Å². The number of nitrogens with one attached hydrogen (secondary N) is 1. The number of carbonyl (C=O) groups excluding carboxylic acids is 2. The topological polar surface area (TPSA) is 74.8 Å². The number of methoxy groups -OCH3 is 1. The first-order valence-corrected chi connectivity index (χ1v) is 15.6. The first kappa shape index (κ1) is 29.2. The molecule has 2 aromatic carbocycles. The fourth-order valence-electron chi connectivity index (χ4n) is 7.71. The van der Waals surface area contributed by atoms with Crippen LogP contribution in [0.15, 0.2) is 54.9 Å². The molecule has 0 radical (unpaired) electrons. The van der Waals surface area contributed by atoms with Crippen molar-refractivity contribution in [1.29, 1.82) is 0 Å². The molecule has 2 aliphatic heterocycles. The molecule has 3 heterocycles. The molecule has 6 rings (SSSR count). The summed E-state index contributed by atoms with van der Waals surface area (Å²) in [6.45, 7) is 12.0. The normalized spacial score (nSPS) is 20.5. The van der Waals surface area contributed by atoms with E-state index in [2.05, 4.69) is 47.2 Å². The Balaban J connectivity index is 1.13. The Morgan fingerprint density at radius 1 is 0.907 bits per heavy atom. The number of hydrogen-bond donors (Lipinski definition) is 1. The van der Waals surface area contributed by atoms with Crippen LogP contribution >= 0.6 is 0 Å². The number of amides is 2. The van der Waals surface area contributed by atoms with Gasteiger partial charge in [-0.05, 0) is 115 Å². The predicted molar refractivity (Wildman–Crippen MR) is 170 cm³/mol. The van der Waals surface area contributed by atoms with Crippen LogP contribution in [0, 0.1) is 24.7 Å². The summed E-state index contributed by atoms with van der Waals surface area (Å²) in [7, 11) is 1.64. The molecule has 2 fully saturated rings. The van der Waals surface area contributed by atoms with E-state index in [0.29, 0.717) is 11.0 Å². The molecule has 2 saturated heterocycles. The van der Waals surface area contributed by atoms with Gasteiger partial charge in [0.25, 0.3) is 11.8 Å². The maximum atomic E-state index is 13.8. The first-order chi connectivity index (χ1) is 20.6. The van der Waals surface area contributed by atoms with Crippen LogP contribution in [0.1, 0.15) is 88.5 Å². The lowest BCUT2D eigenvalue weighted by atomic mass is 9.71. The monoisotopic (exact) mass is 580 g/mol. The van der Waals surface area contributed by atoms with Gasteiger partial charge in [0, 0.05) is 55.4 Å². The van der Waals surface area contributed by atoms with Crippen molar-refractivity contribution in [3.63, 3.8) is 0 Å². The minimum Gasteiger partial charge on any atom is -0.497 e. The molecule has 0 bridgehead atoms. The van der Waals surface area contributed by atoms with E-state index in [1.165, 1.54) is 24.1 Å². The van der Waals surface area contributed by atoms with Crippen molar-refractivity contribution in [2.45, 2.75) is 65.8 Å². The van der Waals surface area contributed by atoms with Gasteiger partial charge in [0.05, 0.1) is 13.2 Å². The van der Waals surface area contributed by atoms with Crippen molar-refractivity contribution in [3.05, 3.63) is 88.2 Å². The maximum Gasteiger partial charge on any atom is 0.253 e. The van der Waals surface area contributed by atoms with Crippen molar-refractivity contribution in [1.82, 2.24) is 15.2 Å². The van der Waals surface area contributed by atoms with Crippen molar-refractivity contribution in [3.8, 4) is 5.75 Å². The molecule has 1 spiro atoms. The first-order valence-electron chi connectivity index (χ1n) is 15.6. The van der Waals surface area contributed by atoms with Crippen LogP contribution in [0.4, 0.5) is 5.69 Å². The quantitative estimate of drug-likeness (QED) is 0.384. The van der Waals surface area contributed by atoms with E-state index in [-0.39, 0.29) is 23.3 Å². The summed E-state index contributed by atoms with van der Waals surface area (Å²) in [4.78, 5) is 36.1. The number of rotatable bonds is 5. The van der Waals surface area contributed by atoms with E-state index in [4.69, 9.17) is 4.74 Å². The molecule has 0 saturated carbocycles. The lowest BCUT2D eigenvalue weighted by Crippen LogP contribution is -2.48. The van der Waals surface area contributed by atoms with Gasteiger partial charge in [-0.2, -0.15) is 0 Å². The second-order valence-electron chi connectivity index (χ2n) is 13.6. The number of aryl methyl sites for hydroxylation is 2. The zero-order valence-electron chi connectivity index (χ0n) is 26.2. The smallest absolute Gasteiger partial charge is 0.253 e. The Morgan fingerprint density at radius 2 is 1.53 bits per heavy atom. The van der Waals surface area contributed by atoms with Gasteiger partial charge < -0.3 is 19.9 Å².